The van der Waals surface area contributed by atoms with E-state index in [9.17, 15) is 18.0 Å². The molecule has 0 radical (unpaired) electrons. The zero-order valence-corrected chi connectivity index (χ0v) is 10.8. The molecule has 0 aliphatic carbocycles. The number of nitrogens with one attached hydrogen (secondary N) is 3. The number of hydrogen-bond donors (Lipinski definition) is 3. The van der Waals surface area contributed by atoms with Crippen LogP contribution < -0.4 is 16.0 Å². The molecule has 1 aromatic carbocycles. The van der Waals surface area contributed by atoms with Crippen molar-refractivity contribution in [3.05, 3.63) is 35.4 Å². The van der Waals surface area contributed by atoms with Crippen LogP contribution in [0.25, 0.3) is 0 Å². The quantitative estimate of drug-likeness (QED) is 0.773. The van der Waals surface area contributed by atoms with Crippen molar-refractivity contribution in [2.75, 3.05) is 19.6 Å². The number of carbonyl (C=O) groups excluding carboxylic acids is 1. The van der Waals surface area contributed by atoms with Gasteiger partial charge < -0.3 is 16.0 Å². The first-order valence-electron chi connectivity index (χ1n) is 6.35. The topological polar surface area (TPSA) is 53.2 Å². The van der Waals surface area contributed by atoms with Crippen molar-refractivity contribution in [2.45, 2.75) is 18.8 Å². The lowest BCUT2D eigenvalue weighted by atomic mass is 10.1. The van der Waals surface area contributed by atoms with E-state index in [1.165, 1.54) is 12.1 Å². The average Bonchev–Trinajstić information content (AvgIpc) is 2.45. The third-order valence-corrected chi connectivity index (χ3v) is 3.11. The molecule has 3 N–H and O–H groups in total. The fourth-order valence-electron chi connectivity index (χ4n) is 1.96. The van der Waals surface area contributed by atoms with Gasteiger partial charge in [-0.15, -0.1) is 0 Å². The Hall–Kier alpha value is -1.60. The van der Waals surface area contributed by atoms with Crippen molar-refractivity contribution < 1.29 is 18.0 Å². The maximum absolute atomic E-state index is 12.4. The third kappa shape index (κ3) is 3.94. The lowest BCUT2D eigenvalue weighted by Crippen LogP contribution is -2.55. The SMILES string of the molecule is O=C(NCc1ccc(C(F)(F)F)cc1)C1CNCCN1. The van der Waals surface area contributed by atoms with Crippen LogP contribution in [0.1, 0.15) is 11.1 Å². The first kappa shape index (κ1) is 14.8. The summed E-state index contributed by atoms with van der Waals surface area (Å²) in [5.41, 5.74) is -0.0548. The van der Waals surface area contributed by atoms with E-state index < -0.39 is 11.7 Å². The molecule has 1 aliphatic heterocycles. The summed E-state index contributed by atoms with van der Waals surface area (Å²) in [4.78, 5) is 11.8. The van der Waals surface area contributed by atoms with Crippen molar-refractivity contribution in [1.29, 1.82) is 0 Å². The molecule has 1 atom stereocenters. The number of carbonyl (C=O) groups is 1. The molecular weight excluding hydrogens is 271 g/mol. The Balaban J connectivity index is 1.86. The molecule has 1 heterocycles. The Morgan fingerprint density at radius 3 is 2.50 bits per heavy atom. The minimum Gasteiger partial charge on any atom is -0.351 e. The number of rotatable bonds is 3. The normalized spacial score (nSPS) is 19.6. The van der Waals surface area contributed by atoms with E-state index in [0.717, 1.165) is 25.2 Å². The molecule has 110 valence electrons. The van der Waals surface area contributed by atoms with Crippen molar-refractivity contribution in [3.8, 4) is 0 Å². The fraction of sp³-hybridized carbons (Fsp3) is 0.462. The summed E-state index contributed by atoms with van der Waals surface area (Å²) in [6.07, 6.45) is -4.33. The number of benzene rings is 1. The molecule has 0 spiro atoms. The van der Waals surface area contributed by atoms with Gasteiger partial charge >= 0.3 is 6.18 Å². The number of hydrogen-bond acceptors (Lipinski definition) is 3. The van der Waals surface area contributed by atoms with Crippen molar-refractivity contribution in [1.82, 2.24) is 16.0 Å². The minimum atomic E-state index is -4.33. The number of piperazine rings is 1. The molecule has 1 aliphatic rings. The van der Waals surface area contributed by atoms with Gasteiger partial charge in [-0.1, -0.05) is 12.1 Å². The van der Waals surface area contributed by atoms with Crippen LogP contribution in [0.3, 0.4) is 0 Å². The van der Waals surface area contributed by atoms with Crippen LogP contribution in [0, 0.1) is 0 Å². The molecule has 4 nitrogen and oxygen atoms in total. The Labute approximate surface area is 114 Å². The molecule has 1 aromatic rings. The molecular formula is C13H16F3N3O. The second kappa shape index (κ2) is 6.23. The Bertz CT molecular complexity index is 453. The van der Waals surface area contributed by atoms with Gasteiger partial charge in [0.05, 0.1) is 11.6 Å². The van der Waals surface area contributed by atoms with Gasteiger partial charge in [0.15, 0.2) is 0 Å². The number of amides is 1. The van der Waals surface area contributed by atoms with Gasteiger partial charge in [0.25, 0.3) is 0 Å². The summed E-state index contributed by atoms with van der Waals surface area (Å²) in [6.45, 7) is 2.31. The van der Waals surface area contributed by atoms with Gasteiger partial charge in [-0.05, 0) is 17.7 Å². The largest absolute Gasteiger partial charge is 0.416 e. The van der Waals surface area contributed by atoms with E-state index >= 15 is 0 Å². The number of alkyl halides is 3. The highest BCUT2D eigenvalue weighted by atomic mass is 19.4. The van der Waals surface area contributed by atoms with Crippen LogP contribution in [0.2, 0.25) is 0 Å². The standard InChI is InChI=1S/C13H16F3N3O/c14-13(15,16)10-3-1-9(2-4-10)7-19-12(20)11-8-17-5-6-18-11/h1-4,11,17-18H,5-8H2,(H,19,20). The van der Waals surface area contributed by atoms with Gasteiger partial charge in [0, 0.05) is 26.2 Å². The molecule has 7 heteroatoms. The zero-order valence-electron chi connectivity index (χ0n) is 10.8. The summed E-state index contributed by atoms with van der Waals surface area (Å²) in [5, 5.41) is 8.85. The van der Waals surface area contributed by atoms with Gasteiger partial charge in [-0.25, -0.2) is 0 Å². The molecule has 2 rings (SSSR count). The third-order valence-electron chi connectivity index (χ3n) is 3.11. The van der Waals surface area contributed by atoms with Crippen LogP contribution in [-0.4, -0.2) is 31.6 Å². The summed E-state index contributed by atoms with van der Waals surface area (Å²) >= 11 is 0. The molecule has 20 heavy (non-hydrogen) atoms. The van der Waals surface area contributed by atoms with Crippen LogP contribution in [0.4, 0.5) is 13.2 Å². The van der Waals surface area contributed by atoms with Crippen molar-refractivity contribution in [2.24, 2.45) is 0 Å². The highest BCUT2D eigenvalue weighted by Gasteiger charge is 2.29. The van der Waals surface area contributed by atoms with Crippen LogP contribution in [0.5, 0.6) is 0 Å². The Morgan fingerprint density at radius 2 is 1.95 bits per heavy atom. The Morgan fingerprint density at radius 1 is 1.25 bits per heavy atom. The molecule has 0 saturated carbocycles. The monoisotopic (exact) mass is 287 g/mol. The van der Waals surface area contributed by atoms with Gasteiger partial charge in [0.2, 0.25) is 5.91 Å². The smallest absolute Gasteiger partial charge is 0.351 e. The van der Waals surface area contributed by atoms with Gasteiger partial charge in [-0.3, -0.25) is 4.79 Å². The molecule has 0 bridgehead atoms. The van der Waals surface area contributed by atoms with Crippen molar-refractivity contribution in [3.63, 3.8) is 0 Å². The summed E-state index contributed by atoms with van der Waals surface area (Å²) in [7, 11) is 0. The average molecular weight is 287 g/mol. The number of halogens is 3. The molecule has 1 saturated heterocycles. The van der Waals surface area contributed by atoms with Crippen molar-refractivity contribution >= 4 is 5.91 Å². The fourth-order valence-corrected chi connectivity index (χ4v) is 1.96. The van der Waals surface area contributed by atoms with Crippen LogP contribution in [-0.2, 0) is 17.5 Å². The van der Waals surface area contributed by atoms with E-state index in [-0.39, 0.29) is 18.5 Å². The van der Waals surface area contributed by atoms with E-state index in [1.807, 2.05) is 0 Å². The minimum absolute atomic E-state index is 0.155. The maximum Gasteiger partial charge on any atom is 0.416 e. The second-order valence-electron chi connectivity index (χ2n) is 4.62. The predicted molar refractivity (Wildman–Crippen MR) is 68.0 cm³/mol. The first-order valence-corrected chi connectivity index (χ1v) is 6.35. The first-order chi connectivity index (χ1) is 9.47. The molecule has 0 aromatic heterocycles. The van der Waals surface area contributed by atoms with E-state index in [0.29, 0.717) is 12.1 Å². The molecule has 1 amide bonds. The lowest BCUT2D eigenvalue weighted by molar-refractivity contribution is -0.137. The van der Waals surface area contributed by atoms with Gasteiger partial charge in [-0.2, -0.15) is 13.2 Å². The lowest BCUT2D eigenvalue weighted by Gasteiger charge is -2.23. The maximum atomic E-state index is 12.4. The van der Waals surface area contributed by atoms with Gasteiger partial charge in [0.1, 0.15) is 0 Å². The summed E-state index contributed by atoms with van der Waals surface area (Å²) in [6, 6.07) is 4.48. The van der Waals surface area contributed by atoms with Crippen LogP contribution in [0.15, 0.2) is 24.3 Å². The summed E-state index contributed by atoms with van der Waals surface area (Å²) in [5.74, 6) is -0.155. The second-order valence-corrected chi connectivity index (χ2v) is 4.62. The zero-order chi connectivity index (χ0) is 14.6. The highest BCUT2D eigenvalue weighted by molar-refractivity contribution is 5.82. The predicted octanol–water partition coefficient (Wildman–Crippen LogP) is 0.883. The summed E-state index contributed by atoms with van der Waals surface area (Å²) < 4.78 is 37.2. The van der Waals surface area contributed by atoms with E-state index in [2.05, 4.69) is 16.0 Å². The van der Waals surface area contributed by atoms with Crippen LogP contribution >= 0.6 is 0 Å². The highest BCUT2D eigenvalue weighted by Crippen LogP contribution is 2.28. The molecule has 1 unspecified atom stereocenters. The molecule has 1 fully saturated rings. The van der Waals surface area contributed by atoms with E-state index in [4.69, 9.17) is 0 Å². The Kier molecular flexibility index (Phi) is 4.61. The van der Waals surface area contributed by atoms with E-state index in [1.54, 1.807) is 0 Å².